The highest BCUT2D eigenvalue weighted by Gasteiger charge is 2.65. The van der Waals surface area contributed by atoms with Crippen molar-refractivity contribution in [3.05, 3.63) is 73.1 Å². The van der Waals surface area contributed by atoms with Gasteiger partial charge < -0.3 is 57.2 Å². The second-order valence-corrected chi connectivity index (χ2v) is 41.1. The van der Waals surface area contributed by atoms with Crippen LogP contribution in [0.3, 0.4) is 0 Å². The summed E-state index contributed by atoms with van der Waals surface area (Å²) < 4.78 is 114. The summed E-state index contributed by atoms with van der Waals surface area (Å²) in [4.78, 5) is 127. The van der Waals surface area contributed by atoms with Crippen LogP contribution in [0.5, 0.6) is 34.8 Å². The van der Waals surface area contributed by atoms with Crippen LogP contribution in [0.1, 0.15) is 199 Å². The number of fused-ring (bicyclic) bond motifs is 6. The molecule has 4 amide bonds. The van der Waals surface area contributed by atoms with Gasteiger partial charge in [0.2, 0.25) is 55.4 Å². The topological polar surface area (TPSA) is 353 Å². The summed E-state index contributed by atoms with van der Waals surface area (Å²) >= 11 is 0. The highest BCUT2D eigenvalue weighted by atomic mass is 32.2. The third-order valence-corrected chi connectivity index (χ3v) is 29.2. The Balaban J connectivity index is 0.000000231. The number of allylic oxidation sites excluding steroid dienone is 4. The standard InChI is InChI=1S/2C44H61N3O11S/c2*1-27-11-9-10-12-29-23-44(29,41(51)46-59(52,53)43(6)15-16-43)24-36(48)35-21-31(26-47(35)40(50)33(28(2)19-27)22-38(49)58-42(3,4)5)57-39-32-14-13-30(55-8)20-34(32)37(25-45-39)56-18-17-54-7/h2*10,12-14,20,25,27-29,31,33,35H,9,11,15-19,21-24,26H2,1-8H3,(H,46,51)/b2*12-10-/t27-,28+,29+,31+,33-,35-,44+;27-,28-,29-,31-,33+,35+,44-/m01/s1. The molecular weight excluding hydrogens is 1560 g/mol. The van der Waals surface area contributed by atoms with Crippen LogP contribution in [0.2, 0.25) is 0 Å². The van der Waals surface area contributed by atoms with E-state index in [0.717, 1.165) is 12.8 Å². The number of Topliss-reactive ketones (excluding diaryl/α,β-unsaturated/α-hetero) is 2. The number of hydrogen-bond donors (Lipinski definition) is 2. The summed E-state index contributed by atoms with van der Waals surface area (Å²) in [5.41, 5.74) is -4.11. The third-order valence-electron chi connectivity index (χ3n) is 24.9. The molecule has 4 saturated carbocycles. The van der Waals surface area contributed by atoms with E-state index in [-0.39, 0.29) is 135 Å². The minimum absolute atomic E-state index is 0.0169. The first-order chi connectivity index (χ1) is 55.6. The van der Waals surface area contributed by atoms with Crippen molar-refractivity contribution in [2.75, 3.05) is 68.0 Å². The number of hydrogen-bond acceptors (Lipinski definition) is 24. The fraction of sp³-hybridized carbons (Fsp3) is 0.659. The zero-order valence-corrected chi connectivity index (χ0v) is 73.0. The number of benzene rings is 2. The zero-order chi connectivity index (χ0) is 85.8. The molecule has 648 valence electrons. The maximum Gasteiger partial charge on any atom is 0.307 e. The lowest BCUT2D eigenvalue weighted by Crippen LogP contribution is -2.48. The maximum atomic E-state index is 15.0. The van der Waals surface area contributed by atoms with E-state index < -0.39 is 111 Å². The monoisotopic (exact) mass is 1680 g/mol. The fourth-order valence-corrected chi connectivity index (χ4v) is 19.8. The number of aromatic nitrogens is 2. The van der Waals surface area contributed by atoms with Gasteiger partial charge in [0, 0.05) is 61.4 Å². The molecule has 6 heterocycles. The zero-order valence-electron chi connectivity index (χ0n) is 71.4. The number of carbonyl (C=O) groups excluding carboxylic acids is 8. The summed E-state index contributed by atoms with van der Waals surface area (Å²) in [5, 5.41) is 2.62. The van der Waals surface area contributed by atoms with E-state index in [0.29, 0.717) is 122 Å². The minimum atomic E-state index is -3.97. The lowest BCUT2D eigenvalue weighted by molar-refractivity contribution is -0.160. The van der Waals surface area contributed by atoms with Gasteiger partial charge in [0.25, 0.3) is 0 Å². The molecule has 0 unspecified atom stereocenters. The summed E-state index contributed by atoms with van der Waals surface area (Å²) in [6.45, 7) is 23.4. The van der Waals surface area contributed by atoms with E-state index in [9.17, 15) is 55.2 Å². The Bertz CT molecular complexity index is 4410. The van der Waals surface area contributed by atoms with E-state index in [4.69, 9.17) is 47.4 Å². The molecule has 118 heavy (non-hydrogen) atoms. The van der Waals surface area contributed by atoms with Crippen LogP contribution in [0, 0.1) is 58.2 Å². The normalized spacial score (nSPS) is 29.0. The van der Waals surface area contributed by atoms with Gasteiger partial charge in [0.05, 0.1) is 110 Å². The van der Waals surface area contributed by atoms with E-state index in [1.165, 1.54) is 9.80 Å². The summed E-state index contributed by atoms with van der Waals surface area (Å²) in [7, 11) is -1.64. The van der Waals surface area contributed by atoms with Crippen LogP contribution in [0.15, 0.2) is 73.1 Å². The molecule has 30 heteroatoms. The summed E-state index contributed by atoms with van der Waals surface area (Å²) in [5.74, 6) is -3.53. The van der Waals surface area contributed by atoms with Crippen molar-refractivity contribution in [3.63, 3.8) is 0 Å². The minimum Gasteiger partial charge on any atom is -0.497 e. The number of pyridine rings is 2. The van der Waals surface area contributed by atoms with Gasteiger partial charge in [0.1, 0.15) is 59.6 Å². The number of ether oxygens (including phenoxy) is 10. The van der Waals surface area contributed by atoms with Crippen LogP contribution in [-0.4, -0.2) is 197 Å². The number of methoxy groups -OCH3 is 4. The Morgan fingerprint density at radius 3 is 1.24 bits per heavy atom. The number of nitrogens with one attached hydrogen (secondary N) is 2. The molecule has 28 nitrogen and oxygen atoms in total. The Kier molecular flexibility index (Phi) is 27.9. The molecule has 4 aliphatic carbocycles. The molecule has 2 N–H and O–H groups in total. The largest absolute Gasteiger partial charge is 0.497 e. The smallest absolute Gasteiger partial charge is 0.307 e. The van der Waals surface area contributed by atoms with Gasteiger partial charge in [-0.05, 0) is 204 Å². The average molecular weight is 1680 g/mol. The molecule has 4 aliphatic heterocycles. The van der Waals surface area contributed by atoms with Crippen molar-refractivity contribution >= 4 is 88.7 Å². The first-order valence-corrected chi connectivity index (χ1v) is 44.6. The van der Waals surface area contributed by atoms with E-state index in [2.05, 4.69) is 33.3 Å². The van der Waals surface area contributed by atoms with Crippen molar-refractivity contribution in [1.82, 2.24) is 29.2 Å². The molecule has 2 saturated heterocycles. The second-order valence-electron chi connectivity index (χ2n) is 36.8. The Hall–Kier alpha value is -8.48. The first kappa shape index (κ1) is 90.3. The maximum absolute atomic E-state index is 15.0. The molecule has 14 atom stereocenters. The SMILES string of the molecule is COCCOc1cnc(O[C@@H]2C[C@H]3C(=O)C[C@]4(C(=O)NS(=O)(=O)C5(C)CC5)C[C@H]4/C=C\CC[C@@H](C)C[C@@H](C)[C@H](CC(=O)OC(C)(C)C)C(=O)N3C2)c2ccc(OC)cc12.COCCOc1cnc(O[C@@H]2C[C@H]3C(=O)C[C@]4(C(=O)NS(=O)(=O)C5(C)CC5)C[C@H]4/C=C\CC[C@H](C)C[C@@H](C)[C@H](CC(=O)OC(C)(C)C)C(=O)N3C2)c2ccc(OC)cc12. The van der Waals surface area contributed by atoms with Gasteiger partial charge in [-0.15, -0.1) is 0 Å². The molecule has 2 aromatic heterocycles. The average Bonchev–Trinajstić information content (AvgIpc) is 1.57. The summed E-state index contributed by atoms with van der Waals surface area (Å²) in [6, 6.07) is 8.77. The van der Waals surface area contributed by atoms with Gasteiger partial charge in [-0.25, -0.2) is 26.8 Å². The molecule has 12 rings (SSSR count). The number of ketones is 2. The van der Waals surface area contributed by atoms with Crippen molar-refractivity contribution in [1.29, 1.82) is 0 Å². The second kappa shape index (κ2) is 36.5. The quantitative estimate of drug-likeness (QED) is 0.0374. The van der Waals surface area contributed by atoms with Crippen LogP contribution in [0.4, 0.5) is 0 Å². The van der Waals surface area contributed by atoms with E-state index in [1.807, 2.05) is 62.4 Å². The van der Waals surface area contributed by atoms with Crippen molar-refractivity contribution in [2.24, 2.45) is 58.2 Å². The number of sulfonamides is 2. The van der Waals surface area contributed by atoms with Crippen LogP contribution >= 0.6 is 0 Å². The predicted octanol–water partition coefficient (Wildman–Crippen LogP) is 11.9. The number of carbonyl (C=O) groups is 8. The Labute approximate surface area is 694 Å². The van der Waals surface area contributed by atoms with E-state index >= 15 is 0 Å². The van der Waals surface area contributed by atoms with Gasteiger partial charge in [-0.1, -0.05) is 52.0 Å². The number of amides is 4. The molecule has 8 aliphatic rings. The summed E-state index contributed by atoms with van der Waals surface area (Å²) in [6.07, 6.45) is 15.7. The highest BCUT2D eigenvalue weighted by Crippen LogP contribution is 2.60. The predicted molar refractivity (Wildman–Crippen MR) is 441 cm³/mol. The lowest BCUT2D eigenvalue weighted by Gasteiger charge is -2.32. The van der Waals surface area contributed by atoms with Gasteiger partial charge in [-0.2, -0.15) is 0 Å². The molecule has 4 aromatic rings. The Morgan fingerprint density at radius 1 is 0.525 bits per heavy atom. The highest BCUT2D eigenvalue weighted by molar-refractivity contribution is 7.92. The molecular formula is C88H122N6O22S2. The molecule has 0 bridgehead atoms. The van der Waals surface area contributed by atoms with Gasteiger partial charge in [-0.3, -0.25) is 47.8 Å². The van der Waals surface area contributed by atoms with Crippen molar-refractivity contribution < 1.29 is 103 Å². The number of esters is 2. The lowest BCUT2D eigenvalue weighted by atomic mass is 9.82. The van der Waals surface area contributed by atoms with E-state index in [1.54, 1.807) is 108 Å². The van der Waals surface area contributed by atoms with Crippen molar-refractivity contribution in [3.8, 4) is 34.8 Å². The number of nitrogens with zero attached hydrogens (tertiary/aromatic N) is 4. The molecule has 0 spiro atoms. The Morgan fingerprint density at radius 2 is 0.898 bits per heavy atom. The van der Waals surface area contributed by atoms with Gasteiger partial charge in [0.15, 0.2) is 11.6 Å². The third kappa shape index (κ3) is 21.3. The molecule has 6 fully saturated rings. The fourth-order valence-electron chi connectivity index (χ4n) is 17.1. The first-order valence-electron chi connectivity index (χ1n) is 41.7. The molecule has 0 radical (unpaired) electrons. The van der Waals surface area contributed by atoms with Crippen LogP contribution in [-0.2, 0) is 77.4 Å². The van der Waals surface area contributed by atoms with Gasteiger partial charge >= 0.3 is 11.9 Å². The van der Waals surface area contributed by atoms with Crippen molar-refractivity contribution in [2.45, 2.75) is 244 Å². The number of rotatable bonds is 24. The van der Waals surface area contributed by atoms with Crippen LogP contribution in [0.25, 0.3) is 21.5 Å². The molecule has 2 aromatic carbocycles. The van der Waals surface area contributed by atoms with Crippen LogP contribution < -0.4 is 37.9 Å².